The van der Waals surface area contributed by atoms with E-state index in [1.807, 2.05) is 9.80 Å². The summed E-state index contributed by atoms with van der Waals surface area (Å²) in [4.78, 5) is 31.0. The Morgan fingerprint density at radius 2 is 1.24 bits per heavy atom. The van der Waals surface area contributed by atoms with Crippen molar-refractivity contribution in [3.63, 3.8) is 0 Å². The van der Waals surface area contributed by atoms with Crippen LogP contribution in [-0.2, 0) is 9.59 Å². The van der Waals surface area contributed by atoms with Crippen LogP contribution >= 0.6 is 0 Å². The number of rotatable bonds is 3. The van der Waals surface area contributed by atoms with Crippen molar-refractivity contribution in [2.75, 3.05) is 45.8 Å². The molecule has 21 heavy (non-hydrogen) atoms. The first-order valence-electron chi connectivity index (χ1n) is 8.49. The smallest absolute Gasteiger partial charge is 0.225 e. The molecule has 5 nitrogen and oxygen atoms in total. The molecule has 0 unspecified atom stereocenters. The van der Waals surface area contributed by atoms with E-state index in [-0.39, 0.29) is 5.92 Å². The van der Waals surface area contributed by atoms with E-state index >= 15 is 0 Å². The second kappa shape index (κ2) is 6.34. The number of nitrogens with zero attached hydrogens (tertiary/aromatic N) is 3. The summed E-state index contributed by atoms with van der Waals surface area (Å²) in [6.07, 6.45) is 3.84. The molecule has 0 aromatic carbocycles. The average Bonchev–Trinajstić information content (AvgIpc) is 3.39. The standard InChI is InChI=1S/C16H27N3O2/c1-2-17-9-11-19(12-10-17)16(21)14-5-7-18(8-6-14)15(20)13-3-4-13/h13-14H,2-12H2,1H3. The third-order valence-electron chi connectivity index (χ3n) is 5.21. The molecule has 1 aliphatic carbocycles. The van der Waals surface area contributed by atoms with Gasteiger partial charge in [0.15, 0.2) is 0 Å². The molecule has 2 aliphatic heterocycles. The lowest BCUT2D eigenvalue weighted by Crippen LogP contribution is -2.51. The van der Waals surface area contributed by atoms with Gasteiger partial charge in [0, 0.05) is 51.1 Å². The molecule has 2 saturated heterocycles. The maximum atomic E-state index is 12.6. The first-order chi connectivity index (χ1) is 10.2. The van der Waals surface area contributed by atoms with E-state index in [2.05, 4.69) is 11.8 Å². The highest BCUT2D eigenvalue weighted by Crippen LogP contribution is 2.32. The van der Waals surface area contributed by atoms with Crippen molar-refractivity contribution < 1.29 is 9.59 Å². The van der Waals surface area contributed by atoms with Crippen LogP contribution in [0, 0.1) is 11.8 Å². The van der Waals surface area contributed by atoms with Gasteiger partial charge in [-0.15, -0.1) is 0 Å². The highest BCUT2D eigenvalue weighted by Gasteiger charge is 2.36. The number of likely N-dealkylation sites (N-methyl/N-ethyl adjacent to an activating group) is 1. The summed E-state index contributed by atoms with van der Waals surface area (Å²) in [6, 6.07) is 0. The molecule has 0 bridgehead atoms. The minimum absolute atomic E-state index is 0.140. The highest BCUT2D eigenvalue weighted by molar-refractivity contribution is 5.82. The van der Waals surface area contributed by atoms with E-state index in [1.165, 1.54) is 0 Å². The molecule has 2 heterocycles. The van der Waals surface area contributed by atoms with Crippen LogP contribution in [0.15, 0.2) is 0 Å². The summed E-state index contributed by atoms with van der Waals surface area (Å²) in [5, 5.41) is 0. The molecule has 2 amide bonds. The summed E-state index contributed by atoms with van der Waals surface area (Å²) in [6.45, 7) is 8.54. The fourth-order valence-corrected chi connectivity index (χ4v) is 3.48. The Kier molecular flexibility index (Phi) is 4.48. The molecule has 0 atom stereocenters. The maximum Gasteiger partial charge on any atom is 0.225 e. The Labute approximate surface area is 127 Å². The van der Waals surface area contributed by atoms with Crippen molar-refractivity contribution in [2.24, 2.45) is 11.8 Å². The lowest BCUT2D eigenvalue weighted by atomic mass is 9.94. The topological polar surface area (TPSA) is 43.9 Å². The molecule has 118 valence electrons. The molecule has 3 fully saturated rings. The fourth-order valence-electron chi connectivity index (χ4n) is 3.48. The second-order valence-electron chi connectivity index (χ2n) is 6.63. The number of carbonyl (C=O) groups is 2. The molecule has 3 aliphatic rings. The van der Waals surface area contributed by atoms with Crippen molar-refractivity contribution in [1.29, 1.82) is 0 Å². The van der Waals surface area contributed by atoms with Gasteiger partial charge in [-0.3, -0.25) is 9.59 Å². The predicted molar refractivity (Wildman–Crippen MR) is 80.7 cm³/mol. The van der Waals surface area contributed by atoms with Gasteiger partial charge < -0.3 is 14.7 Å². The molecule has 3 rings (SSSR count). The van der Waals surface area contributed by atoms with E-state index in [1.54, 1.807) is 0 Å². The van der Waals surface area contributed by atoms with Gasteiger partial charge >= 0.3 is 0 Å². The zero-order chi connectivity index (χ0) is 14.8. The Morgan fingerprint density at radius 3 is 1.71 bits per heavy atom. The Morgan fingerprint density at radius 1 is 0.762 bits per heavy atom. The molecule has 5 heteroatoms. The van der Waals surface area contributed by atoms with Gasteiger partial charge in [0.1, 0.15) is 0 Å². The Bertz CT molecular complexity index is 392. The summed E-state index contributed by atoms with van der Waals surface area (Å²) < 4.78 is 0. The molecule has 0 aromatic rings. The van der Waals surface area contributed by atoms with Gasteiger partial charge in [0.2, 0.25) is 11.8 Å². The second-order valence-corrected chi connectivity index (χ2v) is 6.63. The first kappa shape index (κ1) is 14.8. The predicted octanol–water partition coefficient (Wildman–Crippen LogP) is 0.799. The molecule has 0 aromatic heterocycles. The maximum absolute atomic E-state index is 12.6. The number of piperidine rings is 1. The fraction of sp³-hybridized carbons (Fsp3) is 0.875. The molecule has 0 radical (unpaired) electrons. The van der Waals surface area contributed by atoms with E-state index < -0.39 is 0 Å². The SMILES string of the molecule is CCN1CCN(C(=O)C2CCN(C(=O)C3CC3)CC2)CC1. The number of carbonyl (C=O) groups excluding carboxylic acids is 2. The molecule has 1 saturated carbocycles. The minimum atomic E-state index is 0.140. The van der Waals surface area contributed by atoms with Crippen LogP contribution in [0.3, 0.4) is 0 Å². The van der Waals surface area contributed by atoms with Gasteiger partial charge in [-0.25, -0.2) is 0 Å². The van der Waals surface area contributed by atoms with E-state index in [0.717, 1.165) is 71.5 Å². The van der Waals surface area contributed by atoms with Crippen molar-refractivity contribution in [2.45, 2.75) is 32.6 Å². The summed E-state index contributed by atoms with van der Waals surface area (Å²) in [5.41, 5.74) is 0. The molecular weight excluding hydrogens is 266 g/mol. The summed E-state index contributed by atoms with van der Waals surface area (Å²) in [7, 11) is 0. The lowest BCUT2D eigenvalue weighted by Gasteiger charge is -2.38. The van der Waals surface area contributed by atoms with Crippen molar-refractivity contribution in [1.82, 2.24) is 14.7 Å². The Balaban J connectivity index is 1.45. The van der Waals surface area contributed by atoms with E-state index in [0.29, 0.717) is 17.7 Å². The molecule has 0 spiro atoms. The van der Waals surface area contributed by atoms with Gasteiger partial charge in [-0.2, -0.15) is 0 Å². The van der Waals surface area contributed by atoms with Crippen LogP contribution in [0.2, 0.25) is 0 Å². The Hall–Kier alpha value is -1.10. The molecular formula is C16H27N3O2. The highest BCUT2D eigenvalue weighted by atomic mass is 16.2. The van der Waals surface area contributed by atoms with Gasteiger partial charge in [0.05, 0.1) is 0 Å². The van der Waals surface area contributed by atoms with Crippen LogP contribution in [0.25, 0.3) is 0 Å². The number of piperazine rings is 1. The monoisotopic (exact) mass is 293 g/mol. The van der Waals surface area contributed by atoms with Crippen LogP contribution < -0.4 is 0 Å². The van der Waals surface area contributed by atoms with Crippen LogP contribution in [0.5, 0.6) is 0 Å². The minimum Gasteiger partial charge on any atom is -0.342 e. The number of likely N-dealkylation sites (tertiary alicyclic amines) is 1. The van der Waals surface area contributed by atoms with Gasteiger partial charge in [-0.1, -0.05) is 6.92 Å². The van der Waals surface area contributed by atoms with E-state index in [4.69, 9.17) is 0 Å². The quantitative estimate of drug-likeness (QED) is 0.773. The number of hydrogen-bond acceptors (Lipinski definition) is 3. The largest absolute Gasteiger partial charge is 0.342 e. The van der Waals surface area contributed by atoms with Crippen LogP contribution in [0.1, 0.15) is 32.6 Å². The van der Waals surface area contributed by atoms with Crippen molar-refractivity contribution in [3.05, 3.63) is 0 Å². The third kappa shape index (κ3) is 3.39. The number of amides is 2. The molecule has 0 N–H and O–H groups in total. The normalized spacial score (nSPS) is 25.2. The van der Waals surface area contributed by atoms with Crippen molar-refractivity contribution >= 4 is 11.8 Å². The third-order valence-corrected chi connectivity index (χ3v) is 5.21. The van der Waals surface area contributed by atoms with Crippen molar-refractivity contribution in [3.8, 4) is 0 Å². The lowest BCUT2D eigenvalue weighted by molar-refractivity contribution is -0.142. The first-order valence-corrected chi connectivity index (χ1v) is 8.49. The van der Waals surface area contributed by atoms with Gasteiger partial charge in [0.25, 0.3) is 0 Å². The van der Waals surface area contributed by atoms with E-state index in [9.17, 15) is 9.59 Å². The summed E-state index contributed by atoms with van der Waals surface area (Å²) in [5.74, 6) is 1.10. The average molecular weight is 293 g/mol. The zero-order valence-corrected chi connectivity index (χ0v) is 13.1. The summed E-state index contributed by atoms with van der Waals surface area (Å²) >= 11 is 0. The van der Waals surface area contributed by atoms with Crippen LogP contribution in [0.4, 0.5) is 0 Å². The number of hydrogen-bond donors (Lipinski definition) is 0. The van der Waals surface area contributed by atoms with Gasteiger partial charge in [-0.05, 0) is 32.2 Å². The zero-order valence-electron chi connectivity index (χ0n) is 13.1. The van der Waals surface area contributed by atoms with Crippen LogP contribution in [-0.4, -0.2) is 72.3 Å².